The fraction of sp³-hybridized carbons (Fsp3) is 0.469. The van der Waals surface area contributed by atoms with Crippen molar-refractivity contribution >= 4 is 21.5 Å². The summed E-state index contributed by atoms with van der Waals surface area (Å²) in [7, 11) is 0. The number of hydrogen-bond acceptors (Lipinski definition) is 8. The summed E-state index contributed by atoms with van der Waals surface area (Å²) in [5, 5.41) is 22.8. The molecule has 2 bridgehead atoms. The van der Waals surface area contributed by atoms with Crippen LogP contribution in [-0.4, -0.2) is 81.4 Å². The smallest absolute Gasteiger partial charge is 0.279 e. The van der Waals surface area contributed by atoms with Crippen LogP contribution in [0.15, 0.2) is 41.3 Å². The first-order chi connectivity index (χ1) is 21.3. The third-order valence-corrected chi connectivity index (χ3v) is 10.0. The maximum Gasteiger partial charge on any atom is 0.279 e. The minimum atomic E-state index is -1.14. The number of hydrogen-bond donors (Lipinski definition) is 3. The molecule has 2 aromatic carbocycles. The lowest BCUT2D eigenvalue weighted by Crippen LogP contribution is -2.58. The summed E-state index contributed by atoms with van der Waals surface area (Å²) in [5.41, 5.74) is -0.338. The van der Waals surface area contributed by atoms with E-state index in [1.807, 2.05) is 0 Å². The van der Waals surface area contributed by atoms with E-state index in [9.17, 15) is 18.7 Å². The zero-order valence-corrected chi connectivity index (χ0v) is 24.0. The number of piperidine rings is 1. The van der Waals surface area contributed by atoms with Gasteiger partial charge in [0.15, 0.2) is 11.6 Å². The van der Waals surface area contributed by atoms with E-state index in [0.29, 0.717) is 24.0 Å². The lowest BCUT2D eigenvalue weighted by atomic mass is 9.82. The monoisotopic (exact) mass is 606 g/mol. The van der Waals surface area contributed by atoms with Gasteiger partial charge in [0, 0.05) is 67.0 Å². The van der Waals surface area contributed by atoms with Crippen molar-refractivity contribution in [1.82, 2.24) is 30.3 Å². The molecule has 230 valence electrons. The van der Waals surface area contributed by atoms with Crippen LogP contribution < -0.4 is 20.9 Å². The van der Waals surface area contributed by atoms with Gasteiger partial charge in [-0.15, -0.1) is 0 Å². The van der Waals surface area contributed by atoms with Crippen LogP contribution in [0, 0.1) is 11.6 Å². The Labute approximate surface area is 251 Å². The molecule has 9 nitrogen and oxygen atoms in total. The van der Waals surface area contributed by atoms with Crippen LogP contribution in [0.5, 0.6) is 11.6 Å². The van der Waals surface area contributed by atoms with Crippen LogP contribution in [0.1, 0.15) is 43.7 Å². The fourth-order valence-corrected chi connectivity index (χ4v) is 8.08. The number of halogens is 3. The van der Waals surface area contributed by atoms with Crippen molar-refractivity contribution in [3.63, 3.8) is 0 Å². The zero-order chi connectivity index (χ0) is 30.2. The number of nitrogens with zero attached hydrogens (tertiary/aromatic N) is 4. The van der Waals surface area contributed by atoms with Crippen molar-refractivity contribution in [2.75, 3.05) is 32.8 Å². The zero-order valence-electron chi connectivity index (χ0n) is 24.0. The highest BCUT2D eigenvalue weighted by Gasteiger charge is 2.49. The van der Waals surface area contributed by atoms with Crippen molar-refractivity contribution in [2.45, 2.75) is 61.8 Å². The lowest BCUT2D eigenvalue weighted by molar-refractivity contribution is 0.110. The first-order valence-electron chi connectivity index (χ1n) is 15.3. The number of benzene rings is 2. The molecule has 0 saturated carbocycles. The number of alkyl halides is 1. The topological polar surface area (TPSA) is 105 Å². The molecule has 4 aromatic rings. The standard InChI is InChI=1S/C32H33F3N6O3/c33-19-11-32(4-1-5-40(32)15-19)16-44-27-10-23-24(30(39-27)18-6-20-12-36-13-21(7-18)38-20)14-37-41(31(23)43)26-9-22(42)8-17-2-3-25(34)29(35)28(17)26/h2-3,8-10,14,18-21,36,38,42H,1,4-7,11-13,15-16H2/t18?,19-,20?,21?,32+/m1/s1. The van der Waals surface area contributed by atoms with Crippen LogP contribution in [0.2, 0.25) is 0 Å². The molecule has 44 heavy (non-hydrogen) atoms. The summed E-state index contributed by atoms with van der Waals surface area (Å²) in [6, 6.07) is 6.91. The van der Waals surface area contributed by atoms with E-state index in [1.54, 1.807) is 6.07 Å². The molecule has 4 aliphatic rings. The second-order valence-corrected chi connectivity index (χ2v) is 12.8. The Morgan fingerprint density at radius 2 is 1.93 bits per heavy atom. The van der Waals surface area contributed by atoms with E-state index < -0.39 is 28.9 Å². The van der Waals surface area contributed by atoms with Crippen LogP contribution in [0.4, 0.5) is 13.2 Å². The van der Waals surface area contributed by atoms with Gasteiger partial charge in [0.25, 0.3) is 5.56 Å². The van der Waals surface area contributed by atoms with E-state index in [0.717, 1.165) is 56.1 Å². The van der Waals surface area contributed by atoms with E-state index in [-0.39, 0.29) is 58.1 Å². The summed E-state index contributed by atoms with van der Waals surface area (Å²) >= 11 is 0. The van der Waals surface area contributed by atoms with Crippen molar-refractivity contribution in [3.05, 3.63) is 64.2 Å². The summed E-state index contributed by atoms with van der Waals surface area (Å²) < 4.78 is 51.2. The van der Waals surface area contributed by atoms with Crippen LogP contribution >= 0.6 is 0 Å². The second kappa shape index (κ2) is 10.4. The molecule has 0 amide bonds. The summed E-state index contributed by atoms with van der Waals surface area (Å²) in [5.74, 6) is -2.12. The first kappa shape index (κ1) is 27.8. The number of phenolic OH excluding ortho intramolecular Hbond substituents is 1. The average molecular weight is 607 g/mol. The molecular formula is C32H33F3N6O3. The maximum absolute atomic E-state index is 15.1. The lowest BCUT2D eigenvalue weighted by Gasteiger charge is -2.40. The Balaban J connectivity index is 1.27. The highest BCUT2D eigenvalue weighted by atomic mass is 19.2. The Bertz CT molecular complexity index is 1840. The molecule has 8 rings (SSSR count). The van der Waals surface area contributed by atoms with Gasteiger partial charge in [-0.3, -0.25) is 9.69 Å². The minimum absolute atomic E-state index is 0.0347. The largest absolute Gasteiger partial charge is 0.508 e. The number of aromatic hydroxyl groups is 1. The van der Waals surface area contributed by atoms with Gasteiger partial charge < -0.3 is 20.5 Å². The number of ether oxygens (including phenoxy) is 1. The Morgan fingerprint density at radius 1 is 1.11 bits per heavy atom. The number of rotatable bonds is 5. The molecule has 4 aliphatic heterocycles. The van der Waals surface area contributed by atoms with Gasteiger partial charge in [0.05, 0.1) is 28.5 Å². The molecule has 6 heterocycles. The van der Waals surface area contributed by atoms with Crippen molar-refractivity contribution < 1.29 is 23.0 Å². The maximum atomic E-state index is 15.1. The average Bonchev–Trinajstić information content (AvgIpc) is 3.53. The SMILES string of the molecule is O=c1c2cc(OC[C@@]34CCCN3C[C@H](F)C4)nc(C3CC4CNCC(C3)N4)c2cnn1-c1cc(O)cc2ccc(F)c(F)c12. The van der Waals surface area contributed by atoms with Gasteiger partial charge in [-0.2, -0.15) is 9.78 Å². The van der Waals surface area contributed by atoms with E-state index in [2.05, 4.69) is 20.6 Å². The molecule has 3 N–H and O–H groups in total. The molecule has 2 aromatic heterocycles. The third kappa shape index (κ3) is 4.53. The molecule has 12 heteroatoms. The van der Waals surface area contributed by atoms with Crippen molar-refractivity contribution in [3.8, 4) is 17.3 Å². The van der Waals surface area contributed by atoms with Crippen molar-refractivity contribution in [2.24, 2.45) is 0 Å². The van der Waals surface area contributed by atoms with Gasteiger partial charge in [-0.1, -0.05) is 6.07 Å². The van der Waals surface area contributed by atoms with Crippen LogP contribution in [0.3, 0.4) is 0 Å². The summed E-state index contributed by atoms with van der Waals surface area (Å²) in [4.78, 5) is 21.3. The Hall–Kier alpha value is -3.74. The summed E-state index contributed by atoms with van der Waals surface area (Å²) in [6.07, 6.45) is 4.46. The fourth-order valence-electron chi connectivity index (χ4n) is 8.08. The number of nitrogens with one attached hydrogen (secondary N) is 2. The quantitative estimate of drug-likeness (QED) is 0.316. The molecule has 0 spiro atoms. The third-order valence-electron chi connectivity index (χ3n) is 10.0. The number of aromatic nitrogens is 3. The molecule has 0 radical (unpaired) electrons. The molecule has 0 aliphatic carbocycles. The minimum Gasteiger partial charge on any atom is -0.508 e. The highest BCUT2D eigenvalue weighted by molar-refractivity contribution is 5.93. The number of pyridine rings is 1. The molecule has 4 fully saturated rings. The van der Waals surface area contributed by atoms with Gasteiger partial charge in [0.2, 0.25) is 5.88 Å². The molecule has 4 saturated heterocycles. The molecule has 2 unspecified atom stereocenters. The highest BCUT2D eigenvalue weighted by Crippen LogP contribution is 2.41. The van der Waals surface area contributed by atoms with Crippen LogP contribution in [-0.2, 0) is 0 Å². The van der Waals surface area contributed by atoms with Gasteiger partial charge >= 0.3 is 0 Å². The number of phenols is 1. The van der Waals surface area contributed by atoms with Gasteiger partial charge in [-0.25, -0.2) is 18.2 Å². The Morgan fingerprint density at radius 3 is 2.75 bits per heavy atom. The van der Waals surface area contributed by atoms with Crippen LogP contribution in [0.25, 0.3) is 27.2 Å². The van der Waals surface area contributed by atoms with Crippen molar-refractivity contribution in [1.29, 1.82) is 0 Å². The number of piperazine rings is 1. The molecule has 4 atom stereocenters. The predicted octanol–water partition coefficient (Wildman–Crippen LogP) is 3.68. The Kier molecular flexibility index (Phi) is 6.58. The number of fused-ring (bicyclic) bond motifs is 5. The van der Waals surface area contributed by atoms with E-state index in [1.165, 1.54) is 24.4 Å². The molecular weight excluding hydrogens is 573 g/mol. The second-order valence-electron chi connectivity index (χ2n) is 12.8. The first-order valence-corrected chi connectivity index (χ1v) is 15.3. The van der Waals surface area contributed by atoms with E-state index in [4.69, 9.17) is 9.72 Å². The van der Waals surface area contributed by atoms with E-state index >= 15 is 4.39 Å². The summed E-state index contributed by atoms with van der Waals surface area (Å²) in [6.45, 7) is 3.16. The van der Waals surface area contributed by atoms with Gasteiger partial charge in [0.1, 0.15) is 18.5 Å². The van der Waals surface area contributed by atoms with Gasteiger partial charge in [-0.05, 0) is 49.7 Å². The normalized spacial score (nSPS) is 28.5. The predicted molar refractivity (Wildman–Crippen MR) is 158 cm³/mol.